The first-order chi connectivity index (χ1) is 10.7. The second-order valence-electron chi connectivity index (χ2n) is 4.43. The molecule has 0 radical (unpaired) electrons. The molecule has 0 unspecified atom stereocenters. The summed E-state index contributed by atoms with van der Waals surface area (Å²) in [6, 6.07) is 8.73. The first-order valence-electron chi connectivity index (χ1n) is 6.45. The molecule has 0 aliphatic rings. The Morgan fingerprint density at radius 2 is 1.91 bits per heavy atom. The first-order valence-corrected chi connectivity index (χ1v) is 6.45. The Balaban J connectivity index is 2.03. The van der Waals surface area contributed by atoms with Crippen LogP contribution in [0.25, 0.3) is 11.0 Å². The number of ether oxygens (including phenoxy) is 2. The lowest BCUT2D eigenvalue weighted by atomic mass is 10.2. The summed E-state index contributed by atoms with van der Waals surface area (Å²) in [6.07, 6.45) is 0. The molecule has 0 aliphatic heterocycles. The molecule has 0 atom stereocenters. The molecular formula is C14H14N6O2. The predicted molar refractivity (Wildman–Crippen MR) is 82.0 cm³/mol. The minimum absolute atomic E-state index is 0.462. The summed E-state index contributed by atoms with van der Waals surface area (Å²) in [5, 5.41) is 19.0. The van der Waals surface area contributed by atoms with Gasteiger partial charge in [-0.05, 0) is 24.3 Å². The van der Waals surface area contributed by atoms with Crippen LogP contribution >= 0.6 is 0 Å². The molecule has 0 saturated carbocycles. The summed E-state index contributed by atoms with van der Waals surface area (Å²) in [6.45, 7) is 0. The average Bonchev–Trinajstić information content (AvgIpc) is 3.02. The van der Waals surface area contributed by atoms with Crippen molar-refractivity contribution in [1.29, 1.82) is 0 Å². The van der Waals surface area contributed by atoms with Gasteiger partial charge in [-0.15, -0.1) is 10.2 Å². The van der Waals surface area contributed by atoms with E-state index in [0.29, 0.717) is 39.6 Å². The number of hydrogen-bond donors (Lipinski definition) is 2. The van der Waals surface area contributed by atoms with Crippen LogP contribution in [-0.2, 0) is 0 Å². The number of nitrogens with one attached hydrogen (secondary N) is 1. The highest BCUT2D eigenvalue weighted by atomic mass is 16.5. The van der Waals surface area contributed by atoms with Crippen molar-refractivity contribution in [3.8, 4) is 11.5 Å². The van der Waals surface area contributed by atoms with Gasteiger partial charge in [0.05, 0.1) is 19.9 Å². The van der Waals surface area contributed by atoms with Crippen molar-refractivity contribution in [2.75, 3.05) is 20.0 Å². The monoisotopic (exact) mass is 298 g/mol. The van der Waals surface area contributed by atoms with Crippen molar-refractivity contribution >= 4 is 28.1 Å². The zero-order chi connectivity index (χ0) is 15.5. The Bertz CT molecular complexity index is 842. The molecule has 1 heterocycles. The van der Waals surface area contributed by atoms with Gasteiger partial charge in [-0.25, -0.2) is 0 Å². The molecule has 0 bridgehead atoms. The van der Waals surface area contributed by atoms with Crippen molar-refractivity contribution in [2.45, 2.75) is 0 Å². The highest BCUT2D eigenvalue weighted by Gasteiger charge is 2.09. The number of nitrogens with zero attached hydrogens (tertiary/aromatic N) is 4. The molecule has 0 saturated heterocycles. The van der Waals surface area contributed by atoms with E-state index < -0.39 is 0 Å². The van der Waals surface area contributed by atoms with Gasteiger partial charge >= 0.3 is 0 Å². The number of benzene rings is 2. The molecule has 112 valence electrons. The number of nitrogen functional groups attached to an aromatic ring is 1. The number of aromatic nitrogens is 3. The van der Waals surface area contributed by atoms with Gasteiger partial charge in [0.2, 0.25) is 0 Å². The number of aromatic amines is 1. The zero-order valence-corrected chi connectivity index (χ0v) is 12.1. The lowest BCUT2D eigenvalue weighted by molar-refractivity contribution is 0.395. The maximum atomic E-state index is 5.94. The molecule has 8 heteroatoms. The van der Waals surface area contributed by atoms with Gasteiger partial charge in [-0.3, -0.25) is 0 Å². The molecule has 0 fully saturated rings. The van der Waals surface area contributed by atoms with Crippen molar-refractivity contribution in [1.82, 2.24) is 15.4 Å². The van der Waals surface area contributed by atoms with Gasteiger partial charge in [-0.1, -0.05) is 0 Å². The standard InChI is InChI=1S/C14H14N6O2/c1-21-8-3-5-10(12(7-8)22-2)16-18-13-9(15)4-6-11-14(13)19-20-17-11/h3-7H,15H2,1-2H3,(H,17,19,20). The van der Waals surface area contributed by atoms with Crippen molar-refractivity contribution in [3.63, 3.8) is 0 Å². The average molecular weight is 298 g/mol. The lowest BCUT2D eigenvalue weighted by Gasteiger charge is -2.06. The van der Waals surface area contributed by atoms with E-state index in [1.807, 2.05) is 0 Å². The van der Waals surface area contributed by atoms with Crippen LogP contribution in [0.1, 0.15) is 0 Å². The molecular weight excluding hydrogens is 284 g/mol. The second kappa shape index (κ2) is 5.68. The quantitative estimate of drug-likeness (QED) is 0.568. The number of hydrogen-bond acceptors (Lipinski definition) is 7. The van der Waals surface area contributed by atoms with E-state index in [1.165, 1.54) is 0 Å². The minimum Gasteiger partial charge on any atom is -0.497 e. The van der Waals surface area contributed by atoms with Crippen LogP contribution in [0.3, 0.4) is 0 Å². The molecule has 0 aliphatic carbocycles. The molecule has 3 rings (SSSR count). The molecule has 3 N–H and O–H groups in total. The Kier molecular flexibility index (Phi) is 3.57. The fraction of sp³-hybridized carbons (Fsp3) is 0.143. The van der Waals surface area contributed by atoms with Crippen molar-refractivity contribution in [3.05, 3.63) is 30.3 Å². The fourth-order valence-corrected chi connectivity index (χ4v) is 1.99. The summed E-state index contributed by atoms with van der Waals surface area (Å²) >= 11 is 0. The molecule has 3 aromatic rings. The number of nitrogens with two attached hydrogens (primary N) is 1. The normalized spacial score (nSPS) is 11.2. The molecule has 0 spiro atoms. The van der Waals surface area contributed by atoms with Crippen LogP contribution in [0.15, 0.2) is 40.6 Å². The van der Waals surface area contributed by atoms with E-state index in [1.54, 1.807) is 44.6 Å². The van der Waals surface area contributed by atoms with E-state index in [0.717, 1.165) is 0 Å². The Morgan fingerprint density at radius 3 is 2.68 bits per heavy atom. The van der Waals surface area contributed by atoms with Crippen LogP contribution in [-0.4, -0.2) is 29.6 Å². The van der Waals surface area contributed by atoms with Gasteiger partial charge in [0.15, 0.2) is 0 Å². The van der Waals surface area contributed by atoms with Crippen LogP contribution < -0.4 is 15.2 Å². The number of methoxy groups -OCH3 is 2. The highest BCUT2D eigenvalue weighted by molar-refractivity contribution is 5.92. The van der Waals surface area contributed by atoms with E-state index >= 15 is 0 Å². The summed E-state index contributed by atoms with van der Waals surface area (Å²) in [5.41, 5.74) is 8.67. The van der Waals surface area contributed by atoms with Crippen LogP contribution in [0.4, 0.5) is 17.1 Å². The predicted octanol–water partition coefficient (Wildman–Crippen LogP) is 2.97. The topological polar surface area (TPSA) is 111 Å². The zero-order valence-electron chi connectivity index (χ0n) is 12.1. The minimum atomic E-state index is 0.462. The molecule has 0 amide bonds. The highest BCUT2D eigenvalue weighted by Crippen LogP contribution is 2.35. The second-order valence-corrected chi connectivity index (χ2v) is 4.43. The molecule has 22 heavy (non-hydrogen) atoms. The maximum absolute atomic E-state index is 5.94. The van der Waals surface area contributed by atoms with E-state index in [9.17, 15) is 0 Å². The lowest BCUT2D eigenvalue weighted by Crippen LogP contribution is -1.87. The van der Waals surface area contributed by atoms with E-state index in [2.05, 4.69) is 25.6 Å². The van der Waals surface area contributed by atoms with Crippen molar-refractivity contribution in [2.24, 2.45) is 10.2 Å². The SMILES string of the molecule is COc1ccc(N=Nc2c(N)ccc3n[nH]nc23)c(OC)c1. The largest absolute Gasteiger partial charge is 0.497 e. The van der Waals surface area contributed by atoms with Gasteiger partial charge in [0, 0.05) is 6.07 Å². The number of fused-ring (bicyclic) bond motifs is 1. The van der Waals surface area contributed by atoms with Gasteiger partial charge in [-0.2, -0.15) is 15.4 Å². The number of azo groups is 1. The summed E-state index contributed by atoms with van der Waals surface area (Å²) in [5.74, 6) is 1.22. The third-order valence-electron chi connectivity index (χ3n) is 3.14. The molecule has 2 aromatic carbocycles. The van der Waals surface area contributed by atoms with Crippen LogP contribution in [0.2, 0.25) is 0 Å². The number of H-pyrrole nitrogens is 1. The summed E-state index contributed by atoms with van der Waals surface area (Å²) in [7, 11) is 3.14. The fourth-order valence-electron chi connectivity index (χ4n) is 1.99. The Hall–Kier alpha value is -3.16. The van der Waals surface area contributed by atoms with Gasteiger partial charge in [0.25, 0.3) is 0 Å². The third-order valence-corrected chi connectivity index (χ3v) is 3.14. The van der Waals surface area contributed by atoms with E-state index in [4.69, 9.17) is 15.2 Å². The smallest absolute Gasteiger partial charge is 0.150 e. The van der Waals surface area contributed by atoms with E-state index in [-0.39, 0.29) is 0 Å². The Labute approximate surface area is 125 Å². The molecule has 8 nitrogen and oxygen atoms in total. The number of anilines is 1. The van der Waals surface area contributed by atoms with Gasteiger partial charge < -0.3 is 15.2 Å². The molecule has 1 aromatic heterocycles. The van der Waals surface area contributed by atoms with Crippen LogP contribution in [0, 0.1) is 0 Å². The van der Waals surface area contributed by atoms with Gasteiger partial charge in [0.1, 0.15) is 33.9 Å². The van der Waals surface area contributed by atoms with Crippen molar-refractivity contribution < 1.29 is 9.47 Å². The van der Waals surface area contributed by atoms with Crippen LogP contribution in [0.5, 0.6) is 11.5 Å². The maximum Gasteiger partial charge on any atom is 0.150 e. The summed E-state index contributed by atoms with van der Waals surface area (Å²) in [4.78, 5) is 0. The Morgan fingerprint density at radius 1 is 1.05 bits per heavy atom. The third kappa shape index (κ3) is 2.41. The number of rotatable bonds is 4. The first kappa shape index (κ1) is 13.8. The summed E-state index contributed by atoms with van der Waals surface area (Å²) < 4.78 is 10.4.